The molecule has 1 aromatic carbocycles. The fourth-order valence-corrected chi connectivity index (χ4v) is 3.05. The minimum Gasteiger partial charge on any atom is -0.328 e. The lowest BCUT2D eigenvalue weighted by Gasteiger charge is -2.37. The first-order valence-electron chi connectivity index (χ1n) is 6.83. The van der Waals surface area contributed by atoms with E-state index in [9.17, 15) is 0 Å². The van der Waals surface area contributed by atoms with E-state index < -0.39 is 0 Å². The average molecular weight is 348 g/mol. The Morgan fingerprint density at radius 3 is 2.16 bits per heavy atom. The number of halogens is 2. The van der Waals surface area contributed by atoms with Crippen LogP contribution in [0, 0.1) is 5.92 Å². The van der Waals surface area contributed by atoms with Gasteiger partial charge in [-0.3, -0.25) is 4.90 Å². The second-order valence-electron chi connectivity index (χ2n) is 5.46. The highest BCUT2D eigenvalue weighted by molar-refractivity contribution is 9.10. The van der Waals surface area contributed by atoms with Crippen molar-refractivity contribution in [3.8, 4) is 0 Å². The number of hydrogen-bond acceptors (Lipinski definition) is 2. The zero-order chi connectivity index (χ0) is 13.1. The van der Waals surface area contributed by atoms with Crippen molar-refractivity contribution in [1.82, 2.24) is 4.90 Å². The van der Waals surface area contributed by atoms with Gasteiger partial charge in [-0.1, -0.05) is 28.1 Å². The van der Waals surface area contributed by atoms with Crippen molar-refractivity contribution in [1.29, 1.82) is 0 Å². The van der Waals surface area contributed by atoms with E-state index >= 15 is 0 Å². The van der Waals surface area contributed by atoms with E-state index in [1.54, 1.807) is 0 Å². The van der Waals surface area contributed by atoms with Crippen LogP contribution < -0.4 is 5.73 Å². The van der Waals surface area contributed by atoms with Gasteiger partial charge in [0, 0.05) is 16.6 Å². The van der Waals surface area contributed by atoms with E-state index in [1.165, 1.54) is 31.5 Å². The van der Waals surface area contributed by atoms with Gasteiger partial charge in [0.25, 0.3) is 0 Å². The second-order valence-corrected chi connectivity index (χ2v) is 6.38. The molecule has 1 aliphatic rings. The molecule has 0 aromatic heterocycles. The summed E-state index contributed by atoms with van der Waals surface area (Å²) in [7, 11) is 0. The Labute approximate surface area is 131 Å². The first-order valence-corrected chi connectivity index (χ1v) is 7.62. The topological polar surface area (TPSA) is 29.3 Å². The lowest BCUT2D eigenvalue weighted by atomic mass is 9.90. The van der Waals surface area contributed by atoms with E-state index in [4.69, 9.17) is 5.73 Å². The van der Waals surface area contributed by atoms with Crippen LogP contribution in [-0.2, 0) is 0 Å². The summed E-state index contributed by atoms with van der Waals surface area (Å²) in [6, 6.07) is 9.53. The van der Waals surface area contributed by atoms with E-state index in [2.05, 4.69) is 58.9 Å². The third-order valence-electron chi connectivity index (χ3n) is 4.22. The number of hydrogen-bond donors (Lipinski definition) is 1. The summed E-state index contributed by atoms with van der Waals surface area (Å²) < 4.78 is 1.15. The highest BCUT2D eigenvalue weighted by Gasteiger charge is 2.25. The van der Waals surface area contributed by atoms with Crippen LogP contribution in [0.1, 0.15) is 38.3 Å². The van der Waals surface area contributed by atoms with E-state index in [0.29, 0.717) is 18.0 Å². The van der Waals surface area contributed by atoms with Crippen LogP contribution in [0.4, 0.5) is 0 Å². The van der Waals surface area contributed by atoms with Crippen LogP contribution in [-0.4, -0.2) is 24.0 Å². The van der Waals surface area contributed by atoms with Crippen LogP contribution in [0.5, 0.6) is 0 Å². The van der Waals surface area contributed by atoms with Gasteiger partial charge in [-0.15, -0.1) is 12.4 Å². The number of nitrogens with two attached hydrogens (primary N) is 1. The van der Waals surface area contributed by atoms with Gasteiger partial charge >= 0.3 is 0 Å². The maximum absolute atomic E-state index is 5.99. The second kappa shape index (κ2) is 7.63. The first kappa shape index (κ1) is 17.0. The van der Waals surface area contributed by atoms with Crippen molar-refractivity contribution in [2.24, 2.45) is 11.7 Å². The van der Waals surface area contributed by atoms with Crippen LogP contribution in [0.3, 0.4) is 0 Å². The summed E-state index contributed by atoms with van der Waals surface area (Å²) in [6.07, 6.45) is 2.47. The molecule has 0 radical (unpaired) electrons. The lowest BCUT2D eigenvalue weighted by molar-refractivity contribution is 0.132. The zero-order valence-corrected chi connectivity index (χ0v) is 14.1. The monoisotopic (exact) mass is 346 g/mol. The third kappa shape index (κ3) is 4.45. The van der Waals surface area contributed by atoms with Crippen molar-refractivity contribution < 1.29 is 0 Å². The van der Waals surface area contributed by atoms with Crippen molar-refractivity contribution >= 4 is 28.3 Å². The molecule has 0 amide bonds. The Balaban J connectivity index is 0.00000180. The van der Waals surface area contributed by atoms with Gasteiger partial charge in [0.1, 0.15) is 0 Å². The molecule has 2 nitrogen and oxygen atoms in total. The minimum absolute atomic E-state index is 0. The Kier molecular flexibility index (Phi) is 6.81. The molecule has 1 aliphatic heterocycles. The van der Waals surface area contributed by atoms with Crippen molar-refractivity contribution in [3.05, 3.63) is 34.3 Å². The average Bonchev–Trinajstić information content (AvgIpc) is 2.39. The van der Waals surface area contributed by atoms with E-state index in [1.807, 2.05) is 0 Å². The number of piperidine rings is 1. The molecule has 2 atom stereocenters. The number of nitrogens with zero attached hydrogens (tertiary/aromatic N) is 1. The summed E-state index contributed by atoms with van der Waals surface area (Å²) in [4.78, 5) is 2.57. The maximum atomic E-state index is 5.99. The molecule has 2 unspecified atom stereocenters. The summed E-state index contributed by atoms with van der Waals surface area (Å²) in [5.41, 5.74) is 7.39. The molecule has 0 bridgehead atoms. The molecule has 1 saturated heterocycles. The van der Waals surface area contributed by atoms with Crippen LogP contribution in [0.25, 0.3) is 0 Å². The summed E-state index contributed by atoms with van der Waals surface area (Å²) in [5, 5.41) is 0. The SMILES string of the molecule is CC(N)C1CCN(C(C)c2ccc(Br)cc2)CC1.Cl. The molecule has 0 saturated carbocycles. The molecule has 0 aliphatic carbocycles. The Hall–Kier alpha value is -0.0900. The molecule has 108 valence electrons. The van der Waals surface area contributed by atoms with Crippen LogP contribution in [0.15, 0.2) is 28.7 Å². The molecule has 1 fully saturated rings. The Bertz CT molecular complexity index is 372. The quantitative estimate of drug-likeness (QED) is 0.895. The highest BCUT2D eigenvalue weighted by Crippen LogP contribution is 2.28. The fourth-order valence-electron chi connectivity index (χ4n) is 2.78. The first-order chi connectivity index (χ1) is 8.58. The molecular weight excluding hydrogens is 324 g/mol. The van der Waals surface area contributed by atoms with Gasteiger partial charge in [0.05, 0.1) is 0 Å². The Morgan fingerprint density at radius 2 is 1.68 bits per heavy atom. The van der Waals surface area contributed by atoms with Gasteiger partial charge in [-0.05, 0) is 63.4 Å². The maximum Gasteiger partial charge on any atom is 0.0319 e. The molecule has 4 heteroatoms. The van der Waals surface area contributed by atoms with E-state index in [0.717, 1.165) is 4.47 Å². The normalized spacial score (nSPS) is 20.6. The van der Waals surface area contributed by atoms with E-state index in [-0.39, 0.29) is 12.4 Å². The predicted molar refractivity (Wildman–Crippen MR) is 87.8 cm³/mol. The molecule has 2 N–H and O–H groups in total. The fraction of sp³-hybridized carbons (Fsp3) is 0.600. The van der Waals surface area contributed by atoms with Gasteiger partial charge in [-0.25, -0.2) is 0 Å². The Morgan fingerprint density at radius 1 is 1.16 bits per heavy atom. The number of benzene rings is 1. The molecule has 2 rings (SSSR count). The molecular formula is C15H24BrClN2. The summed E-state index contributed by atoms with van der Waals surface area (Å²) >= 11 is 3.49. The van der Waals surface area contributed by atoms with Gasteiger partial charge in [0.2, 0.25) is 0 Å². The number of rotatable bonds is 3. The molecule has 1 heterocycles. The zero-order valence-electron chi connectivity index (χ0n) is 11.7. The van der Waals surface area contributed by atoms with Crippen LogP contribution >= 0.6 is 28.3 Å². The van der Waals surface area contributed by atoms with Crippen molar-refractivity contribution in [2.45, 2.75) is 38.8 Å². The van der Waals surface area contributed by atoms with Crippen molar-refractivity contribution in [3.63, 3.8) is 0 Å². The number of likely N-dealkylation sites (tertiary alicyclic amines) is 1. The van der Waals surface area contributed by atoms with Gasteiger partial charge in [-0.2, -0.15) is 0 Å². The summed E-state index contributed by atoms with van der Waals surface area (Å²) in [6.45, 7) is 6.78. The van der Waals surface area contributed by atoms with Gasteiger partial charge < -0.3 is 5.73 Å². The minimum atomic E-state index is 0. The largest absolute Gasteiger partial charge is 0.328 e. The predicted octanol–water partition coefficient (Wildman–Crippen LogP) is 3.99. The van der Waals surface area contributed by atoms with Crippen molar-refractivity contribution in [2.75, 3.05) is 13.1 Å². The lowest BCUT2D eigenvalue weighted by Crippen LogP contribution is -2.40. The molecule has 1 aromatic rings. The summed E-state index contributed by atoms with van der Waals surface area (Å²) in [5.74, 6) is 0.707. The third-order valence-corrected chi connectivity index (χ3v) is 4.75. The molecule has 19 heavy (non-hydrogen) atoms. The standard InChI is InChI=1S/C15H23BrN2.ClH/c1-11(17)13-7-9-18(10-8-13)12(2)14-3-5-15(16)6-4-14;/h3-6,11-13H,7-10,17H2,1-2H3;1H. The highest BCUT2D eigenvalue weighted by atomic mass is 79.9. The molecule has 0 spiro atoms. The smallest absolute Gasteiger partial charge is 0.0319 e. The van der Waals surface area contributed by atoms with Crippen LogP contribution in [0.2, 0.25) is 0 Å². The van der Waals surface area contributed by atoms with Gasteiger partial charge in [0.15, 0.2) is 0 Å².